The number of ether oxygens (including phenoxy) is 1. The van der Waals surface area contributed by atoms with Crippen molar-refractivity contribution in [1.29, 1.82) is 0 Å². The van der Waals surface area contributed by atoms with E-state index in [2.05, 4.69) is 19.1 Å². The highest BCUT2D eigenvalue weighted by Gasteiger charge is 2.12. The Morgan fingerprint density at radius 1 is 1.27 bits per heavy atom. The molecule has 1 rings (SSSR count). The van der Waals surface area contributed by atoms with Crippen LogP contribution in [-0.4, -0.2) is 23.1 Å². The number of benzene rings is 1. The largest absolute Gasteiger partial charge is 0.480 e. The van der Waals surface area contributed by atoms with Gasteiger partial charge in [0.05, 0.1) is 0 Å². The molecule has 0 aromatic heterocycles. The van der Waals surface area contributed by atoms with Gasteiger partial charge in [-0.1, -0.05) is 31.2 Å². The van der Waals surface area contributed by atoms with Crippen molar-refractivity contribution in [3.05, 3.63) is 42.0 Å². The molecule has 0 fully saturated rings. The van der Waals surface area contributed by atoms with Gasteiger partial charge in [-0.15, -0.1) is 0 Å². The Labute approximate surface area is 130 Å². The summed E-state index contributed by atoms with van der Waals surface area (Å²) in [5.74, 6) is -0.839. The third kappa shape index (κ3) is 7.04. The van der Waals surface area contributed by atoms with Gasteiger partial charge >= 0.3 is 11.9 Å². The van der Waals surface area contributed by atoms with Gasteiger partial charge in [0.1, 0.15) is 11.8 Å². The summed E-state index contributed by atoms with van der Waals surface area (Å²) in [6.45, 7) is 2.07. The van der Waals surface area contributed by atoms with Gasteiger partial charge in [-0.2, -0.15) is 0 Å². The van der Waals surface area contributed by atoms with Crippen LogP contribution in [0.4, 0.5) is 0 Å². The molecular weight excluding hydrogens is 282 g/mol. The maximum absolute atomic E-state index is 11.7. The Kier molecular flexibility index (Phi) is 7.92. The lowest BCUT2D eigenvalue weighted by atomic mass is 10.1. The molecule has 1 aromatic carbocycles. The summed E-state index contributed by atoms with van der Waals surface area (Å²) >= 11 is 0. The molecule has 0 radical (unpaired) electrons. The van der Waals surface area contributed by atoms with Gasteiger partial charge in [0.25, 0.3) is 0 Å². The normalized spacial score (nSPS) is 12.3. The highest BCUT2D eigenvalue weighted by molar-refractivity contribution is 5.73. The fraction of sp³-hybridized carbons (Fsp3) is 0.412. The summed E-state index contributed by atoms with van der Waals surface area (Å²) in [6, 6.07) is 5.81. The number of aliphatic carboxylic acids is 1. The second-order valence-electron chi connectivity index (χ2n) is 5.04. The van der Waals surface area contributed by atoms with Crippen molar-refractivity contribution in [3.63, 3.8) is 0 Å². The third-order valence-electron chi connectivity index (χ3n) is 3.08. The fourth-order valence-corrected chi connectivity index (χ4v) is 1.87. The summed E-state index contributed by atoms with van der Waals surface area (Å²) in [7, 11) is 0. The molecule has 1 aromatic rings. The van der Waals surface area contributed by atoms with Crippen LogP contribution in [0.2, 0.25) is 0 Å². The zero-order valence-corrected chi connectivity index (χ0v) is 12.8. The molecule has 5 nitrogen and oxygen atoms in total. The maximum Gasteiger partial charge on any atom is 0.320 e. The number of hydrogen-bond donors (Lipinski definition) is 2. The number of esters is 1. The average Bonchev–Trinajstić information content (AvgIpc) is 2.49. The molecule has 22 heavy (non-hydrogen) atoms. The van der Waals surface area contributed by atoms with Gasteiger partial charge in [-0.25, -0.2) is 0 Å². The van der Waals surface area contributed by atoms with E-state index in [1.54, 1.807) is 24.3 Å². The van der Waals surface area contributed by atoms with Gasteiger partial charge in [0.2, 0.25) is 0 Å². The van der Waals surface area contributed by atoms with E-state index in [1.807, 2.05) is 0 Å². The number of carboxylic acid groups (broad SMARTS) is 1. The number of allylic oxidation sites excluding steroid dienone is 2. The number of rotatable bonds is 9. The van der Waals surface area contributed by atoms with Gasteiger partial charge in [0, 0.05) is 6.42 Å². The Hall–Kier alpha value is -2.14. The van der Waals surface area contributed by atoms with Gasteiger partial charge in [-0.3, -0.25) is 9.59 Å². The minimum Gasteiger partial charge on any atom is -0.480 e. The second kappa shape index (κ2) is 9.73. The van der Waals surface area contributed by atoms with E-state index in [0.717, 1.165) is 24.8 Å². The molecule has 0 aliphatic carbocycles. The van der Waals surface area contributed by atoms with E-state index >= 15 is 0 Å². The number of unbranched alkanes of at least 4 members (excludes halogenated alkanes) is 1. The maximum atomic E-state index is 11.7. The molecule has 120 valence electrons. The molecule has 0 aliphatic rings. The monoisotopic (exact) mass is 305 g/mol. The first-order valence-electron chi connectivity index (χ1n) is 7.46. The molecule has 0 saturated carbocycles. The molecule has 0 unspecified atom stereocenters. The van der Waals surface area contributed by atoms with Crippen molar-refractivity contribution in [2.75, 3.05) is 0 Å². The molecule has 3 N–H and O–H groups in total. The van der Waals surface area contributed by atoms with Crippen molar-refractivity contribution in [2.24, 2.45) is 5.73 Å². The van der Waals surface area contributed by atoms with Crippen LogP contribution < -0.4 is 10.5 Å². The molecule has 5 heteroatoms. The molecular formula is C17H23NO4. The van der Waals surface area contributed by atoms with Crippen LogP contribution in [0.15, 0.2) is 36.4 Å². The van der Waals surface area contributed by atoms with Crippen LogP contribution in [0.5, 0.6) is 5.75 Å². The van der Waals surface area contributed by atoms with Crippen molar-refractivity contribution in [1.82, 2.24) is 0 Å². The first-order valence-corrected chi connectivity index (χ1v) is 7.46. The number of nitrogens with two attached hydrogens (primary N) is 1. The van der Waals surface area contributed by atoms with Gasteiger partial charge < -0.3 is 15.6 Å². The minimum absolute atomic E-state index is 0.243. The zero-order chi connectivity index (χ0) is 16.4. The summed E-state index contributed by atoms with van der Waals surface area (Å²) in [5, 5.41) is 8.75. The second-order valence-corrected chi connectivity index (χ2v) is 5.04. The summed E-state index contributed by atoms with van der Waals surface area (Å²) in [4.78, 5) is 22.3. The van der Waals surface area contributed by atoms with Crippen LogP contribution in [-0.2, 0) is 16.0 Å². The molecule has 0 saturated heterocycles. The number of carbonyl (C=O) groups excluding carboxylic acids is 1. The van der Waals surface area contributed by atoms with E-state index in [-0.39, 0.29) is 12.4 Å². The van der Waals surface area contributed by atoms with E-state index in [0.29, 0.717) is 12.2 Å². The van der Waals surface area contributed by atoms with Crippen molar-refractivity contribution in [2.45, 2.75) is 45.1 Å². The quantitative estimate of drug-likeness (QED) is 0.317. The SMILES string of the molecule is CCC=CCCCC(=O)Oc1ccc(C[C@H](N)C(=O)O)cc1. The van der Waals surface area contributed by atoms with Crippen molar-refractivity contribution in [3.8, 4) is 5.75 Å². The molecule has 0 aliphatic heterocycles. The van der Waals surface area contributed by atoms with Gasteiger partial charge in [0.15, 0.2) is 0 Å². The minimum atomic E-state index is -1.03. The first-order chi connectivity index (χ1) is 10.5. The van der Waals surface area contributed by atoms with Crippen molar-refractivity contribution >= 4 is 11.9 Å². The molecule has 0 bridgehead atoms. The Balaban J connectivity index is 2.38. The molecule has 1 atom stereocenters. The summed E-state index contributed by atoms with van der Waals surface area (Å²) in [5.41, 5.74) is 6.26. The fourth-order valence-electron chi connectivity index (χ4n) is 1.87. The summed E-state index contributed by atoms with van der Waals surface area (Å²) in [6.07, 6.45) is 7.39. The topological polar surface area (TPSA) is 89.6 Å². The predicted octanol–water partition coefficient (Wildman–Crippen LogP) is 2.68. The Morgan fingerprint density at radius 2 is 1.95 bits per heavy atom. The van der Waals surface area contributed by atoms with Crippen LogP contribution >= 0.6 is 0 Å². The van der Waals surface area contributed by atoms with Crippen LogP contribution in [0.25, 0.3) is 0 Å². The van der Waals surface area contributed by atoms with E-state index in [4.69, 9.17) is 15.6 Å². The molecule has 0 amide bonds. The first kappa shape index (κ1) is 17.9. The zero-order valence-electron chi connectivity index (χ0n) is 12.8. The lowest BCUT2D eigenvalue weighted by Crippen LogP contribution is -2.32. The molecule has 0 heterocycles. The standard InChI is InChI=1S/C17H23NO4/c1-2-3-4-5-6-7-16(19)22-14-10-8-13(9-11-14)12-15(18)17(20)21/h3-4,8-11,15H,2,5-7,12,18H2,1H3,(H,20,21)/t15-/m0/s1. The van der Waals surface area contributed by atoms with Crippen molar-refractivity contribution < 1.29 is 19.4 Å². The number of carbonyl (C=O) groups is 2. The number of carboxylic acids is 1. The Morgan fingerprint density at radius 3 is 2.55 bits per heavy atom. The lowest BCUT2D eigenvalue weighted by Gasteiger charge is -2.08. The Bertz CT molecular complexity index is 508. The lowest BCUT2D eigenvalue weighted by molar-refractivity contribution is -0.138. The average molecular weight is 305 g/mol. The highest BCUT2D eigenvalue weighted by atomic mass is 16.5. The van der Waals surface area contributed by atoms with E-state index in [1.165, 1.54) is 0 Å². The molecule has 0 spiro atoms. The number of hydrogen-bond acceptors (Lipinski definition) is 4. The predicted molar refractivity (Wildman–Crippen MR) is 84.7 cm³/mol. The van der Waals surface area contributed by atoms with Crippen LogP contribution in [0.3, 0.4) is 0 Å². The van der Waals surface area contributed by atoms with E-state index < -0.39 is 12.0 Å². The van der Waals surface area contributed by atoms with Gasteiger partial charge in [-0.05, 0) is 43.4 Å². The third-order valence-corrected chi connectivity index (χ3v) is 3.08. The smallest absolute Gasteiger partial charge is 0.320 e. The van der Waals surface area contributed by atoms with Crippen LogP contribution in [0, 0.1) is 0 Å². The van der Waals surface area contributed by atoms with Crippen LogP contribution in [0.1, 0.15) is 38.2 Å². The highest BCUT2D eigenvalue weighted by Crippen LogP contribution is 2.14. The van der Waals surface area contributed by atoms with E-state index in [9.17, 15) is 9.59 Å². The summed E-state index contributed by atoms with van der Waals surface area (Å²) < 4.78 is 5.22.